The fourth-order valence-corrected chi connectivity index (χ4v) is 4.11. The molecular weight excluding hydrogens is 436 g/mol. The summed E-state index contributed by atoms with van der Waals surface area (Å²) in [5.74, 6) is -0.0206. The summed E-state index contributed by atoms with van der Waals surface area (Å²) in [7, 11) is 0. The first-order chi connectivity index (χ1) is 14.7. The van der Waals surface area contributed by atoms with Gasteiger partial charge in [-0.2, -0.15) is 0 Å². The minimum Gasteiger partial charge on any atom is -0.352 e. The van der Waals surface area contributed by atoms with Crippen LogP contribution in [0.25, 0.3) is 22.2 Å². The highest BCUT2D eigenvalue weighted by molar-refractivity contribution is 9.10. The average molecular weight is 467 g/mol. The summed E-state index contributed by atoms with van der Waals surface area (Å²) in [6.45, 7) is 2.97. The van der Waals surface area contributed by atoms with Crippen LogP contribution in [-0.4, -0.2) is 17.4 Å². The molecule has 3 aromatic rings. The summed E-state index contributed by atoms with van der Waals surface area (Å²) < 4.78 is 0.996. The number of para-hydroxylation sites is 1. The Kier molecular flexibility index (Phi) is 8.88. The Morgan fingerprint density at radius 3 is 2.40 bits per heavy atom. The van der Waals surface area contributed by atoms with Gasteiger partial charge in [-0.3, -0.25) is 4.79 Å². The molecule has 0 spiro atoms. The molecule has 1 aromatic heterocycles. The summed E-state index contributed by atoms with van der Waals surface area (Å²) in [6.07, 6.45) is 10.1. The molecule has 1 heterocycles. The van der Waals surface area contributed by atoms with E-state index < -0.39 is 0 Å². The van der Waals surface area contributed by atoms with E-state index in [4.69, 9.17) is 4.98 Å². The number of fused-ring (bicyclic) bond motifs is 1. The molecule has 0 fully saturated rings. The fraction of sp³-hybridized carbons (Fsp3) is 0.385. The number of carbonyl (C=O) groups is 1. The van der Waals surface area contributed by atoms with E-state index in [1.54, 1.807) is 0 Å². The predicted octanol–water partition coefficient (Wildman–Crippen LogP) is 7.53. The van der Waals surface area contributed by atoms with Crippen molar-refractivity contribution in [3.63, 3.8) is 0 Å². The van der Waals surface area contributed by atoms with Crippen molar-refractivity contribution in [3.05, 3.63) is 64.6 Å². The molecule has 0 saturated carbocycles. The van der Waals surface area contributed by atoms with Gasteiger partial charge in [0.25, 0.3) is 5.91 Å². The molecule has 0 aliphatic heterocycles. The Hall–Kier alpha value is -2.20. The van der Waals surface area contributed by atoms with Crippen molar-refractivity contribution < 1.29 is 4.79 Å². The molecule has 158 valence electrons. The van der Waals surface area contributed by atoms with Gasteiger partial charge in [-0.25, -0.2) is 4.98 Å². The van der Waals surface area contributed by atoms with Crippen LogP contribution in [0.2, 0.25) is 0 Å². The van der Waals surface area contributed by atoms with Crippen molar-refractivity contribution in [1.29, 1.82) is 0 Å². The fourth-order valence-electron chi connectivity index (χ4n) is 3.71. The van der Waals surface area contributed by atoms with Crippen LogP contribution < -0.4 is 5.32 Å². The monoisotopic (exact) mass is 466 g/mol. The SMILES string of the molecule is CCCCCCCCCCNC(=O)c1cc(-c2cccc(Br)c2)nc2ccccc12. The lowest BCUT2D eigenvalue weighted by Gasteiger charge is -2.11. The van der Waals surface area contributed by atoms with Crippen LogP contribution in [0.1, 0.15) is 68.6 Å². The summed E-state index contributed by atoms with van der Waals surface area (Å²) in [6, 6.07) is 17.8. The van der Waals surface area contributed by atoms with Gasteiger partial charge in [-0.05, 0) is 30.7 Å². The van der Waals surface area contributed by atoms with Crippen molar-refractivity contribution in [1.82, 2.24) is 10.3 Å². The first-order valence-electron chi connectivity index (χ1n) is 11.1. The van der Waals surface area contributed by atoms with Gasteiger partial charge in [0.05, 0.1) is 16.8 Å². The molecule has 3 rings (SSSR count). The van der Waals surface area contributed by atoms with Crippen molar-refractivity contribution in [3.8, 4) is 11.3 Å². The smallest absolute Gasteiger partial charge is 0.252 e. The number of aromatic nitrogens is 1. The van der Waals surface area contributed by atoms with E-state index in [-0.39, 0.29) is 5.91 Å². The third-order valence-corrected chi connectivity index (χ3v) is 5.89. The van der Waals surface area contributed by atoms with E-state index in [0.29, 0.717) is 5.56 Å². The molecule has 4 heteroatoms. The normalized spacial score (nSPS) is 11.0. The number of benzene rings is 2. The topological polar surface area (TPSA) is 42.0 Å². The molecule has 0 radical (unpaired) electrons. The van der Waals surface area contributed by atoms with Crippen LogP contribution in [0.5, 0.6) is 0 Å². The van der Waals surface area contributed by atoms with Gasteiger partial charge in [0.2, 0.25) is 0 Å². The molecule has 30 heavy (non-hydrogen) atoms. The minimum atomic E-state index is -0.0206. The lowest BCUT2D eigenvalue weighted by Crippen LogP contribution is -2.24. The third kappa shape index (κ3) is 6.40. The first kappa shape index (κ1) is 22.5. The van der Waals surface area contributed by atoms with Gasteiger partial charge >= 0.3 is 0 Å². The van der Waals surface area contributed by atoms with E-state index in [1.165, 1.54) is 44.9 Å². The maximum absolute atomic E-state index is 13.0. The number of pyridine rings is 1. The second-order valence-corrected chi connectivity index (χ2v) is 8.73. The highest BCUT2D eigenvalue weighted by Crippen LogP contribution is 2.26. The van der Waals surface area contributed by atoms with E-state index in [1.807, 2.05) is 54.6 Å². The summed E-state index contributed by atoms with van der Waals surface area (Å²) in [5, 5.41) is 4.01. The number of nitrogens with zero attached hydrogens (tertiary/aromatic N) is 1. The molecule has 2 aromatic carbocycles. The lowest BCUT2D eigenvalue weighted by molar-refractivity contribution is 0.0954. The number of amides is 1. The van der Waals surface area contributed by atoms with Crippen LogP contribution in [0.3, 0.4) is 0 Å². The largest absolute Gasteiger partial charge is 0.352 e. The van der Waals surface area contributed by atoms with Gasteiger partial charge < -0.3 is 5.32 Å². The number of rotatable bonds is 11. The Morgan fingerprint density at radius 2 is 1.63 bits per heavy atom. The van der Waals surface area contributed by atoms with Gasteiger partial charge in [-0.1, -0.05) is 98.1 Å². The molecule has 0 aliphatic carbocycles. The summed E-state index contributed by atoms with van der Waals surface area (Å²) in [5.41, 5.74) is 3.34. The second kappa shape index (κ2) is 11.8. The zero-order chi connectivity index (χ0) is 21.2. The number of halogens is 1. The van der Waals surface area contributed by atoms with Gasteiger partial charge in [0, 0.05) is 22.0 Å². The highest BCUT2D eigenvalue weighted by Gasteiger charge is 2.13. The highest BCUT2D eigenvalue weighted by atomic mass is 79.9. The lowest BCUT2D eigenvalue weighted by atomic mass is 10.0. The average Bonchev–Trinajstić information content (AvgIpc) is 2.77. The quantitative estimate of drug-likeness (QED) is 0.296. The van der Waals surface area contributed by atoms with E-state index in [2.05, 4.69) is 28.2 Å². The zero-order valence-corrected chi connectivity index (χ0v) is 19.4. The maximum Gasteiger partial charge on any atom is 0.252 e. The summed E-state index contributed by atoms with van der Waals surface area (Å²) in [4.78, 5) is 17.7. The Balaban J connectivity index is 1.63. The van der Waals surface area contributed by atoms with Crippen LogP contribution in [0, 0.1) is 0 Å². The molecule has 0 aliphatic rings. The predicted molar refractivity (Wildman–Crippen MR) is 130 cm³/mol. The number of hydrogen-bond acceptors (Lipinski definition) is 2. The number of hydrogen-bond donors (Lipinski definition) is 1. The first-order valence-corrected chi connectivity index (χ1v) is 11.9. The number of unbranched alkanes of at least 4 members (excludes halogenated alkanes) is 7. The molecule has 0 saturated heterocycles. The Morgan fingerprint density at radius 1 is 0.900 bits per heavy atom. The molecular formula is C26H31BrN2O. The third-order valence-electron chi connectivity index (χ3n) is 5.40. The molecule has 3 nitrogen and oxygen atoms in total. The van der Waals surface area contributed by atoms with Crippen LogP contribution >= 0.6 is 15.9 Å². The van der Waals surface area contributed by atoms with Crippen molar-refractivity contribution >= 4 is 32.7 Å². The Bertz CT molecular complexity index is 970. The van der Waals surface area contributed by atoms with Gasteiger partial charge in [0.15, 0.2) is 0 Å². The second-order valence-electron chi connectivity index (χ2n) is 7.81. The Labute approximate surface area is 188 Å². The summed E-state index contributed by atoms with van der Waals surface area (Å²) >= 11 is 3.52. The van der Waals surface area contributed by atoms with Crippen molar-refractivity contribution in [2.75, 3.05) is 6.54 Å². The van der Waals surface area contributed by atoms with E-state index in [0.717, 1.165) is 39.6 Å². The van der Waals surface area contributed by atoms with Crippen LogP contribution in [-0.2, 0) is 0 Å². The zero-order valence-electron chi connectivity index (χ0n) is 17.8. The molecule has 0 bridgehead atoms. The minimum absolute atomic E-state index is 0.0206. The maximum atomic E-state index is 13.0. The van der Waals surface area contributed by atoms with Gasteiger partial charge in [0.1, 0.15) is 0 Å². The molecule has 1 N–H and O–H groups in total. The molecule has 0 atom stereocenters. The van der Waals surface area contributed by atoms with E-state index in [9.17, 15) is 4.79 Å². The molecule has 0 unspecified atom stereocenters. The number of carbonyl (C=O) groups excluding carboxylic acids is 1. The van der Waals surface area contributed by atoms with Crippen LogP contribution in [0.15, 0.2) is 59.1 Å². The van der Waals surface area contributed by atoms with Crippen molar-refractivity contribution in [2.24, 2.45) is 0 Å². The van der Waals surface area contributed by atoms with E-state index >= 15 is 0 Å². The standard InChI is InChI=1S/C26H31BrN2O/c1-2-3-4-5-6-7-8-11-17-28-26(30)23-19-25(20-13-12-14-21(27)18-20)29-24-16-10-9-15-22(23)24/h9-10,12-16,18-19H,2-8,11,17H2,1H3,(H,28,30). The molecule has 1 amide bonds. The van der Waals surface area contributed by atoms with Crippen molar-refractivity contribution in [2.45, 2.75) is 58.3 Å². The van der Waals surface area contributed by atoms with Crippen LogP contribution in [0.4, 0.5) is 0 Å². The number of nitrogens with one attached hydrogen (secondary N) is 1. The van der Waals surface area contributed by atoms with Gasteiger partial charge in [-0.15, -0.1) is 0 Å².